The summed E-state index contributed by atoms with van der Waals surface area (Å²) in [5.41, 5.74) is 0. The van der Waals surface area contributed by atoms with Crippen LogP contribution in [0.2, 0.25) is 0 Å². The third-order valence-corrected chi connectivity index (χ3v) is 4.34. The summed E-state index contributed by atoms with van der Waals surface area (Å²) in [7, 11) is 0. The number of unbranched alkanes of at least 4 members (excludes halogenated alkanes) is 4. The zero-order valence-corrected chi connectivity index (χ0v) is 17.3. The van der Waals surface area contributed by atoms with Gasteiger partial charge in [0, 0.05) is 24.2 Å². The molecule has 0 fully saturated rings. The number of nitrogens with zero attached hydrogens (tertiary/aromatic N) is 1. The van der Waals surface area contributed by atoms with Crippen molar-refractivity contribution in [3.63, 3.8) is 0 Å². The number of allylic oxidation sites excluding steroid dienone is 7. The van der Waals surface area contributed by atoms with Crippen molar-refractivity contribution < 1.29 is 14.8 Å². The van der Waals surface area contributed by atoms with Gasteiger partial charge in [-0.3, -0.25) is 14.9 Å². The molecule has 5 heteroatoms. The molecule has 0 saturated carbocycles. The van der Waals surface area contributed by atoms with Crippen LogP contribution < -0.4 is 0 Å². The minimum Gasteiger partial charge on any atom is -0.481 e. The van der Waals surface area contributed by atoms with Gasteiger partial charge in [-0.15, -0.1) is 0 Å². The molecule has 0 aliphatic rings. The Kier molecular flexibility index (Phi) is 18.1. The van der Waals surface area contributed by atoms with Crippen molar-refractivity contribution in [2.75, 3.05) is 0 Å². The molecule has 0 aliphatic heterocycles. The molecular formula is C23H37NO4. The number of carbonyl (C=O) groups is 1. The topological polar surface area (TPSA) is 80.4 Å². The summed E-state index contributed by atoms with van der Waals surface area (Å²) in [6, 6.07) is -0.619. The smallest absolute Gasteiger partial charge is 0.303 e. The molecule has 0 rings (SSSR count). The number of nitro groups is 1. The van der Waals surface area contributed by atoms with E-state index in [1.165, 1.54) is 25.7 Å². The number of aliphatic carboxylic acids is 1. The van der Waals surface area contributed by atoms with Crippen molar-refractivity contribution in [2.24, 2.45) is 0 Å². The van der Waals surface area contributed by atoms with E-state index in [1.807, 2.05) is 12.2 Å². The van der Waals surface area contributed by atoms with Crippen LogP contribution in [-0.4, -0.2) is 22.0 Å². The molecule has 0 bridgehead atoms. The van der Waals surface area contributed by atoms with Gasteiger partial charge in [-0.05, 0) is 44.9 Å². The van der Waals surface area contributed by atoms with Crippen LogP contribution in [0.1, 0.15) is 84.0 Å². The second kappa shape index (κ2) is 19.6. The molecule has 0 amide bonds. The molecule has 0 radical (unpaired) electrons. The number of hydrogen-bond donors (Lipinski definition) is 1. The van der Waals surface area contributed by atoms with Crippen LogP contribution in [0.3, 0.4) is 0 Å². The Bertz CT molecular complexity index is 521. The summed E-state index contributed by atoms with van der Waals surface area (Å²) in [5, 5.41) is 19.6. The van der Waals surface area contributed by atoms with E-state index in [-0.39, 0.29) is 11.3 Å². The molecule has 28 heavy (non-hydrogen) atoms. The van der Waals surface area contributed by atoms with E-state index in [4.69, 9.17) is 5.11 Å². The van der Waals surface area contributed by atoms with Crippen LogP contribution in [0.5, 0.6) is 0 Å². The molecule has 0 aromatic rings. The number of hydrogen-bond acceptors (Lipinski definition) is 3. The quantitative estimate of drug-likeness (QED) is 0.123. The normalized spacial score (nSPS) is 13.3. The Morgan fingerprint density at radius 1 is 0.893 bits per heavy atom. The van der Waals surface area contributed by atoms with Gasteiger partial charge in [-0.25, -0.2) is 0 Å². The van der Waals surface area contributed by atoms with Gasteiger partial charge in [0.15, 0.2) is 0 Å². The van der Waals surface area contributed by atoms with Crippen molar-refractivity contribution in [1.82, 2.24) is 0 Å². The van der Waals surface area contributed by atoms with Gasteiger partial charge >= 0.3 is 5.97 Å². The van der Waals surface area contributed by atoms with Crippen LogP contribution >= 0.6 is 0 Å². The average molecular weight is 392 g/mol. The fraction of sp³-hybridized carbons (Fsp3) is 0.609. The summed E-state index contributed by atoms with van der Waals surface area (Å²) < 4.78 is 0. The Morgan fingerprint density at radius 3 is 2.00 bits per heavy atom. The molecule has 0 aromatic carbocycles. The molecular weight excluding hydrogens is 354 g/mol. The highest BCUT2D eigenvalue weighted by molar-refractivity contribution is 5.66. The first-order chi connectivity index (χ1) is 13.6. The standard InChI is InChI=1S/C23H37NO4/c1-2-3-4-5-6-7-8-9-10-11-12-13-14-15-16-19-22(24(27)28)20-17-18-21-23(25)26/h6-7,9-10,12-13,15-16,22H,2-5,8,11,14,17-21H2,1H3,(H,25,26). The Morgan fingerprint density at radius 2 is 1.46 bits per heavy atom. The Hall–Kier alpha value is -2.17. The molecule has 0 spiro atoms. The molecule has 0 aromatic heterocycles. The minimum atomic E-state index is -0.849. The molecule has 1 atom stereocenters. The second-order valence-electron chi connectivity index (χ2n) is 6.90. The number of rotatable bonds is 18. The lowest BCUT2D eigenvalue weighted by Crippen LogP contribution is -2.18. The van der Waals surface area contributed by atoms with Gasteiger partial charge in [-0.1, -0.05) is 68.4 Å². The Balaban J connectivity index is 3.80. The highest BCUT2D eigenvalue weighted by Crippen LogP contribution is 2.11. The highest BCUT2D eigenvalue weighted by atomic mass is 16.6. The Labute approximate surface area is 170 Å². The van der Waals surface area contributed by atoms with Crippen LogP contribution in [0.4, 0.5) is 0 Å². The largest absolute Gasteiger partial charge is 0.481 e. The maximum absolute atomic E-state index is 11.0. The first-order valence-electron chi connectivity index (χ1n) is 10.5. The molecule has 158 valence electrons. The van der Waals surface area contributed by atoms with Crippen molar-refractivity contribution in [2.45, 2.75) is 90.0 Å². The SMILES string of the molecule is CCCCCC=CCC=CCC=CCC=CCC(CCCCC(=O)O)[N+](=O)[O-]. The van der Waals surface area contributed by atoms with Crippen molar-refractivity contribution in [3.05, 3.63) is 58.7 Å². The van der Waals surface area contributed by atoms with Gasteiger partial charge in [0.05, 0.1) is 0 Å². The molecule has 5 nitrogen and oxygen atoms in total. The summed E-state index contributed by atoms with van der Waals surface area (Å²) in [4.78, 5) is 21.2. The fourth-order valence-corrected chi connectivity index (χ4v) is 2.66. The minimum absolute atomic E-state index is 0.0781. The van der Waals surface area contributed by atoms with Crippen LogP contribution in [0.25, 0.3) is 0 Å². The van der Waals surface area contributed by atoms with E-state index in [9.17, 15) is 14.9 Å². The zero-order valence-electron chi connectivity index (χ0n) is 17.3. The van der Waals surface area contributed by atoms with Crippen molar-refractivity contribution in [1.29, 1.82) is 0 Å². The van der Waals surface area contributed by atoms with Crippen LogP contribution in [0, 0.1) is 10.1 Å². The van der Waals surface area contributed by atoms with E-state index in [1.54, 1.807) is 0 Å². The lowest BCUT2D eigenvalue weighted by atomic mass is 10.1. The van der Waals surface area contributed by atoms with E-state index in [0.717, 1.165) is 19.3 Å². The third kappa shape index (κ3) is 18.6. The summed E-state index contributed by atoms with van der Waals surface area (Å²) in [6.07, 6.45) is 26.4. The highest BCUT2D eigenvalue weighted by Gasteiger charge is 2.17. The number of carboxylic acid groups (broad SMARTS) is 1. The summed E-state index contributed by atoms with van der Waals surface area (Å²) in [5.74, 6) is -0.849. The van der Waals surface area contributed by atoms with Gasteiger partial charge in [0.2, 0.25) is 6.04 Å². The zero-order chi connectivity index (χ0) is 20.9. The van der Waals surface area contributed by atoms with Gasteiger partial charge in [0.1, 0.15) is 0 Å². The molecule has 1 N–H and O–H groups in total. The maximum atomic E-state index is 11.0. The summed E-state index contributed by atoms with van der Waals surface area (Å²) in [6.45, 7) is 2.21. The van der Waals surface area contributed by atoms with Gasteiger partial charge in [-0.2, -0.15) is 0 Å². The van der Waals surface area contributed by atoms with Gasteiger partial charge in [0.25, 0.3) is 0 Å². The lowest BCUT2D eigenvalue weighted by molar-refractivity contribution is -0.522. The van der Waals surface area contributed by atoms with Crippen molar-refractivity contribution in [3.8, 4) is 0 Å². The lowest BCUT2D eigenvalue weighted by Gasteiger charge is -2.06. The van der Waals surface area contributed by atoms with E-state index < -0.39 is 12.0 Å². The first kappa shape index (κ1) is 25.8. The molecule has 0 saturated heterocycles. The fourth-order valence-electron chi connectivity index (χ4n) is 2.66. The second-order valence-corrected chi connectivity index (χ2v) is 6.90. The van der Waals surface area contributed by atoms with Gasteiger partial charge < -0.3 is 5.11 Å². The third-order valence-electron chi connectivity index (χ3n) is 4.34. The first-order valence-corrected chi connectivity index (χ1v) is 10.5. The van der Waals surface area contributed by atoms with Crippen molar-refractivity contribution >= 4 is 5.97 Å². The molecule has 1 unspecified atom stereocenters. The maximum Gasteiger partial charge on any atom is 0.303 e. The number of carboxylic acids is 1. The van der Waals surface area contributed by atoms with E-state index in [0.29, 0.717) is 25.7 Å². The average Bonchev–Trinajstić information content (AvgIpc) is 2.66. The molecule has 0 heterocycles. The predicted molar refractivity (Wildman–Crippen MR) is 116 cm³/mol. The van der Waals surface area contributed by atoms with E-state index in [2.05, 4.69) is 43.4 Å². The van der Waals surface area contributed by atoms with Crippen LogP contribution in [0.15, 0.2) is 48.6 Å². The summed E-state index contributed by atoms with van der Waals surface area (Å²) >= 11 is 0. The van der Waals surface area contributed by atoms with E-state index >= 15 is 0 Å². The van der Waals surface area contributed by atoms with Crippen LogP contribution in [-0.2, 0) is 4.79 Å². The predicted octanol–water partition coefficient (Wildman–Crippen LogP) is 6.64. The monoisotopic (exact) mass is 391 g/mol. The molecule has 0 aliphatic carbocycles.